The molecule has 1 aliphatic heterocycles. The molecule has 2 rings (SSSR count). The van der Waals surface area contributed by atoms with Gasteiger partial charge in [-0.1, -0.05) is 17.7 Å². The zero-order chi connectivity index (χ0) is 11.5. The summed E-state index contributed by atoms with van der Waals surface area (Å²) in [6, 6.07) is 4.25. The summed E-state index contributed by atoms with van der Waals surface area (Å²) < 4.78 is 10.5. The Bertz CT molecular complexity index is 376. The van der Waals surface area contributed by atoms with Crippen molar-refractivity contribution in [2.24, 2.45) is 0 Å². The van der Waals surface area contributed by atoms with Gasteiger partial charge in [0.15, 0.2) is 11.5 Å². The van der Waals surface area contributed by atoms with Crippen molar-refractivity contribution in [3.05, 3.63) is 22.7 Å². The molecule has 0 bridgehead atoms. The predicted octanol–water partition coefficient (Wildman–Crippen LogP) is 2.78. The van der Waals surface area contributed by atoms with Crippen molar-refractivity contribution in [2.75, 3.05) is 20.8 Å². The number of hydrogen-bond donors (Lipinski definition) is 1. The minimum Gasteiger partial charge on any atom is -0.493 e. The molecule has 0 radical (unpaired) electrons. The van der Waals surface area contributed by atoms with Crippen molar-refractivity contribution in [1.29, 1.82) is 0 Å². The third kappa shape index (κ3) is 1.97. The fourth-order valence-corrected chi connectivity index (χ4v) is 2.49. The maximum atomic E-state index is 6.33. The minimum atomic E-state index is 0.340. The molecule has 3 nitrogen and oxygen atoms in total. The van der Waals surface area contributed by atoms with E-state index in [1.165, 1.54) is 6.42 Å². The Labute approximate surface area is 101 Å². The molecule has 1 aromatic rings. The van der Waals surface area contributed by atoms with Gasteiger partial charge in [0.05, 0.1) is 19.2 Å². The van der Waals surface area contributed by atoms with Crippen LogP contribution >= 0.6 is 11.6 Å². The van der Waals surface area contributed by atoms with Crippen molar-refractivity contribution in [2.45, 2.75) is 18.9 Å². The molecule has 0 saturated carbocycles. The van der Waals surface area contributed by atoms with Crippen LogP contribution in [0.4, 0.5) is 0 Å². The molecule has 1 N–H and O–H groups in total. The summed E-state index contributed by atoms with van der Waals surface area (Å²) in [6.45, 7) is 1.05. The quantitative estimate of drug-likeness (QED) is 0.883. The molecule has 0 unspecified atom stereocenters. The van der Waals surface area contributed by atoms with E-state index in [9.17, 15) is 0 Å². The molecule has 4 heteroatoms. The van der Waals surface area contributed by atoms with Crippen molar-refractivity contribution >= 4 is 11.6 Å². The largest absolute Gasteiger partial charge is 0.493 e. The number of nitrogens with one attached hydrogen (secondary N) is 1. The Morgan fingerprint density at radius 2 is 2.12 bits per heavy atom. The Hall–Kier alpha value is -0.930. The van der Waals surface area contributed by atoms with E-state index < -0.39 is 0 Å². The van der Waals surface area contributed by atoms with Gasteiger partial charge < -0.3 is 14.8 Å². The summed E-state index contributed by atoms with van der Waals surface area (Å²) in [4.78, 5) is 0. The second-order valence-electron chi connectivity index (χ2n) is 3.85. The predicted molar refractivity (Wildman–Crippen MR) is 64.5 cm³/mol. The van der Waals surface area contributed by atoms with Crippen molar-refractivity contribution in [1.82, 2.24) is 5.32 Å². The smallest absolute Gasteiger partial charge is 0.179 e. The van der Waals surface area contributed by atoms with E-state index in [1.807, 2.05) is 12.1 Å². The van der Waals surface area contributed by atoms with E-state index in [0.29, 0.717) is 22.6 Å². The summed E-state index contributed by atoms with van der Waals surface area (Å²) in [5.41, 5.74) is 1.09. The van der Waals surface area contributed by atoms with Crippen LogP contribution in [0.3, 0.4) is 0 Å². The molecular formula is C12H16ClNO2. The topological polar surface area (TPSA) is 30.5 Å². The highest BCUT2D eigenvalue weighted by molar-refractivity contribution is 6.33. The third-order valence-corrected chi connectivity index (χ3v) is 3.34. The highest BCUT2D eigenvalue weighted by atomic mass is 35.5. The summed E-state index contributed by atoms with van der Waals surface area (Å²) in [7, 11) is 3.22. The molecule has 0 spiro atoms. The monoisotopic (exact) mass is 241 g/mol. The normalized spacial score (nSPS) is 19.8. The number of rotatable bonds is 3. The fourth-order valence-electron chi connectivity index (χ4n) is 2.12. The summed E-state index contributed by atoms with van der Waals surface area (Å²) in [6.07, 6.45) is 2.31. The third-order valence-electron chi connectivity index (χ3n) is 2.95. The lowest BCUT2D eigenvalue weighted by Crippen LogP contribution is -2.13. The van der Waals surface area contributed by atoms with E-state index in [1.54, 1.807) is 14.2 Å². The maximum Gasteiger partial charge on any atom is 0.179 e. The summed E-state index contributed by atoms with van der Waals surface area (Å²) >= 11 is 6.33. The van der Waals surface area contributed by atoms with Crippen LogP contribution in [0.5, 0.6) is 11.5 Å². The fraction of sp³-hybridized carbons (Fsp3) is 0.500. The molecule has 1 aliphatic rings. The van der Waals surface area contributed by atoms with E-state index in [-0.39, 0.29) is 0 Å². The average Bonchev–Trinajstić information content (AvgIpc) is 2.81. The standard InChI is InChI=1S/C12H16ClNO2/c1-15-10-6-5-8(9-4-3-7-14-9)11(13)12(10)16-2/h5-6,9,14H,3-4,7H2,1-2H3/t9-/m1/s1. The van der Waals surface area contributed by atoms with E-state index in [4.69, 9.17) is 21.1 Å². The minimum absolute atomic E-state index is 0.340. The second-order valence-corrected chi connectivity index (χ2v) is 4.23. The van der Waals surface area contributed by atoms with E-state index >= 15 is 0 Å². The summed E-state index contributed by atoms with van der Waals surface area (Å²) in [5, 5.41) is 4.08. The van der Waals surface area contributed by atoms with Gasteiger partial charge in [-0.3, -0.25) is 0 Å². The lowest BCUT2D eigenvalue weighted by molar-refractivity contribution is 0.354. The molecule has 0 aromatic heterocycles. The molecule has 1 aromatic carbocycles. The number of methoxy groups -OCH3 is 2. The van der Waals surface area contributed by atoms with Crippen LogP contribution in [-0.4, -0.2) is 20.8 Å². The van der Waals surface area contributed by atoms with Gasteiger partial charge in [-0.25, -0.2) is 0 Å². The first-order valence-corrected chi connectivity index (χ1v) is 5.79. The first-order valence-electron chi connectivity index (χ1n) is 5.41. The lowest BCUT2D eigenvalue weighted by atomic mass is 10.0. The van der Waals surface area contributed by atoms with Gasteiger partial charge in [-0.15, -0.1) is 0 Å². The Morgan fingerprint density at radius 3 is 2.69 bits per heavy atom. The average molecular weight is 242 g/mol. The SMILES string of the molecule is COc1ccc([C@H]2CCCN2)c(Cl)c1OC. The van der Waals surface area contributed by atoms with Gasteiger partial charge in [0.25, 0.3) is 0 Å². The van der Waals surface area contributed by atoms with Crippen molar-refractivity contribution < 1.29 is 9.47 Å². The molecule has 1 heterocycles. The van der Waals surface area contributed by atoms with Crippen LogP contribution in [-0.2, 0) is 0 Å². The van der Waals surface area contributed by atoms with Crippen LogP contribution in [0.2, 0.25) is 5.02 Å². The van der Waals surface area contributed by atoms with Crippen molar-refractivity contribution in [3.8, 4) is 11.5 Å². The van der Waals surface area contributed by atoms with Gasteiger partial charge in [-0.2, -0.15) is 0 Å². The molecular weight excluding hydrogens is 226 g/mol. The van der Waals surface area contributed by atoms with Crippen LogP contribution in [0.15, 0.2) is 12.1 Å². The highest BCUT2D eigenvalue weighted by Gasteiger charge is 2.22. The molecule has 0 amide bonds. The van der Waals surface area contributed by atoms with Gasteiger partial charge in [0, 0.05) is 6.04 Å². The lowest BCUT2D eigenvalue weighted by Gasteiger charge is -2.16. The molecule has 88 valence electrons. The molecule has 16 heavy (non-hydrogen) atoms. The zero-order valence-electron chi connectivity index (χ0n) is 9.55. The van der Waals surface area contributed by atoms with Crippen LogP contribution in [0.25, 0.3) is 0 Å². The molecule has 0 aliphatic carbocycles. The maximum absolute atomic E-state index is 6.33. The van der Waals surface area contributed by atoms with Crippen molar-refractivity contribution in [3.63, 3.8) is 0 Å². The Kier molecular flexibility index (Phi) is 3.56. The number of hydrogen-bond acceptors (Lipinski definition) is 3. The molecule has 1 fully saturated rings. The Morgan fingerprint density at radius 1 is 1.31 bits per heavy atom. The number of benzene rings is 1. The van der Waals surface area contributed by atoms with Crippen LogP contribution < -0.4 is 14.8 Å². The highest BCUT2D eigenvalue weighted by Crippen LogP contribution is 2.41. The van der Waals surface area contributed by atoms with Crippen LogP contribution in [0.1, 0.15) is 24.4 Å². The molecule has 1 atom stereocenters. The second kappa shape index (κ2) is 4.93. The summed E-state index contributed by atoms with van der Waals surface area (Å²) in [5.74, 6) is 1.30. The first-order chi connectivity index (χ1) is 7.77. The first kappa shape index (κ1) is 11.6. The number of ether oxygens (including phenoxy) is 2. The van der Waals surface area contributed by atoms with E-state index in [0.717, 1.165) is 18.5 Å². The molecule has 1 saturated heterocycles. The van der Waals surface area contributed by atoms with Gasteiger partial charge in [0.1, 0.15) is 0 Å². The van der Waals surface area contributed by atoms with Gasteiger partial charge in [0.2, 0.25) is 0 Å². The number of halogens is 1. The van der Waals surface area contributed by atoms with E-state index in [2.05, 4.69) is 5.32 Å². The van der Waals surface area contributed by atoms with Gasteiger partial charge in [-0.05, 0) is 31.0 Å². The van der Waals surface area contributed by atoms with Crippen LogP contribution in [0, 0.1) is 0 Å². The zero-order valence-corrected chi connectivity index (χ0v) is 10.3. The van der Waals surface area contributed by atoms with Gasteiger partial charge >= 0.3 is 0 Å². The Balaban J connectivity index is 2.39.